The average molecular weight is 620 g/mol. The maximum Gasteiger partial charge on any atom is 0.262 e. The Balaban J connectivity index is 1.55. The number of aromatic nitrogens is 4. The number of rotatable bonds is 4. The second-order valence-corrected chi connectivity index (χ2v) is 11.1. The number of nitrogens with one attached hydrogen (secondary N) is 1. The topological polar surface area (TPSA) is 76.7 Å². The lowest BCUT2D eigenvalue weighted by Crippen LogP contribution is -2.36. The quantitative estimate of drug-likeness (QED) is 0.317. The molecule has 0 saturated carbocycles. The number of benzene rings is 1. The molecule has 4 aromatic rings. The Kier molecular flexibility index (Phi) is 6.69. The van der Waals surface area contributed by atoms with E-state index in [4.69, 9.17) is 4.74 Å². The number of ether oxygens (including phenoxy) is 1. The Hall–Kier alpha value is -3.06. The van der Waals surface area contributed by atoms with Crippen molar-refractivity contribution in [3.05, 3.63) is 63.4 Å². The highest BCUT2D eigenvalue weighted by molar-refractivity contribution is 14.1. The first-order chi connectivity index (χ1) is 17.5. The van der Waals surface area contributed by atoms with Gasteiger partial charge < -0.3 is 15.0 Å². The Labute approximate surface area is 226 Å². The van der Waals surface area contributed by atoms with Crippen LogP contribution in [0.1, 0.15) is 36.7 Å². The number of carbonyl (C=O) groups excluding carboxylic acids is 1. The van der Waals surface area contributed by atoms with Gasteiger partial charge in [-0.2, -0.15) is 4.39 Å². The zero-order chi connectivity index (χ0) is 26.5. The summed E-state index contributed by atoms with van der Waals surface area (Å²) in [5, 5.41) is 6.34. The van der Waals surface area contributed by atoms with Crippen molar-refractivity contribution in [2.75, 3.05) is 36.5 Å². The van der Waals surface area contributed by atoms with Crippen LogP contribution < -0.4 is 10.2 Å². The summed E-state index contributed by atoms with van der Waals surface area (Å²) >= 11 is 2.23. The number of pyridine rings is 1. The number of anilines is 2. The highest BCUT2D eigenvalue weighted by Gasteiger charge is 2.24. The van der Waals surface area contributed by atoms with Gasteiger partial charge in [0.05, 0.1) is 36.3 Å². The first-order valence-corrected chi connectivity index (χ1v) is 13.0. The fourth-order valence-corrected chi connectivity index (χ4v) is 4.85. The minimum absolute atomic E-state index is 0.0399. The van der Waals surface area contributed by atoms with E-state index in [1.54, 1.807) is 12.3 Å². The molecule has 5 rings (SSSR count). The van der Waals surface area contributed by atoms with Gasteiger partial charge in [0.2, 0.25) is 5.95 Å². The number of amides is 1. The molecule has 0 atom stereocenters. The van der Waals surface area contributed by atoms with Crippen LogP contribution in [0.5, 0.6) is 0 Å². The summed E-state index contributed by atoms with van der Waals surface area (Å²) < 4.78 is 39.3. The number of hydrogen-bond acceptors (Lipinski definition) is 5. The summed E-state index contributed by atoms with van der Waals surface area (Å²) in [4.78, 5) is 19.7. The lowest BCUT2D eigenvalue weighted by molar-refractivity contribution is 0.102. The van der Waals surface area contributed by atoms with E-state index in [1.807, 2.05) is 44.4 Å². The van der Waals surface area contributed by atoms with E-state index in [-0.39, 0.29) is 11.3 Å². The third kappa shape index (κ3) is 4.93. The van der Waals surface area contributed by atoms with Gasteiger partial charge in [0.15, 0.2) is 5.65 Å². The van der Waals surface area contributed by atoms with Gasteiger partial charge in [-0.15, -0.1) is 5.10 Å². The SMILES string of the molecule is Cc1cc(F)c(NC(=O)c2cn(C(C)(C)C)nc2F)cc1-c1cc(N2CCOCC2)c2ncc(I)n2c1. The number of halogens is 3. The second kappa shape index (κ2) is 9.67. The standard InChI is InChI=1S/C26H27F2IN6O2/c1-15-9-19(27)20(31-25(36)18-14-35(26(2,3)4)32-23(18)28)11-17(15)16-10-21(33-5-7-37-8-6-33)24-30-12-22(29)34(24)13-16/h9-14H,5-8H2,1-4H3,(H,31,36). The van der Waals surface area contributed by atoms with Crippen molar-refractivity contribution in [1.82, 2.24) is 19.2 Å². The summed E-state index contributed by atoms with van der Waals surface area (Å²) in [5.74, 6) is -2.28. The van der Waals surface area contributed by atoms with Gasteiger partial charge in [0.25, 0.3) is 5.91 Å². The van der Waals surface area contributed by atoms with E-state index in [0.29, 0.717) is 18.8 Å². The maximum atomic E-state index is 15.0. The Morgan fingerprint density at radius 3 is 2.54 bits per heavy atom. The van der Waals surface area contributed by atoms with Crippen molar-refractivity contribution in [2.45, 2.75) is 33.2 Å². The minimum atomic E-state index is -0.907. The predicted molar refractivity (Wildman–Crippen MR) is 146 cm³/mol. The molecule has 1 aliphatic heterocycles. The predicted octanol–water partition coefficient (Wildman–Crippen LogP) is 5.23. The van der Waals surface area contributed by atoms with Crippen LogP contribution in [0.4, 0.5) is 20.2 Å². The molecule has 0 bridgehead atoms. The lowest BCUT2D eigenvalue weighted by atomic mass is 10.00. The Morgan fingerprint density at radius 2 is 1.86 bits per heavy atom. The summed E-state index contributed by atoms with van der Waals surface area (Å²) in [7, 11) is 0. The molecule has 1 aromatic carbocycles. The number of hydrogen-bond donors (Lipinski definition) is 1. The van der Waals surface area contributed by atoms with Crippen LogP contribution in [-0.2, 0) is 10.3 Å². The number of aryl methyl sites for hydroxylation is 1. The highest BCUT2D eigenvalue weighted by Crippen LogP contribution is 2.34. The number of nitrogens with zero attached hydrogens (tertiary/aromatic N) is 5. The van der Waals surface area contributed by atoms with Crippen molar-refractivity contribution >= 4 is 45.5 Å². The molecule has 1 N–H and O–H groups in total. The first-order valence-electron chi connectivity index (χ1n) is 11.9. The van der Waals surface area contributed by atoms with E-state index >= 15 is 0 Å². The molecule has 1 amide bonds. The monoisotopic (exact) mass is 620 g/mol. The summed E-state index contributed by atoms with van der Waals surface area (Å²) in [6.07, 6.45) is 5.09. The fourth-order valence-electron chi connectivity index (χ4n) is 4.34. The third-order valence-electron chi connectivity index (χ3n) is 6.37. The molecule has 3 aromatic heterocycles. The van der Waals surface area contributed by atoms with E-state index in [0.717, 1.165) is 39.3 Å². The van der Waals surface area contributed by atoms with Gasteiger partial charge >= 0.3 is 0 Å². The lowest BCUT2D eigenvalue weighted by Gasteiger charge is -2.29. The molecule has 11 heteroatoms. The molecule has 1 aliphatic rings. The molecule has 37 heavy (non-hydrogen) atoms. The third-order valence-corrected chi connectivity index (χ3v) is 7.17. The van der Waals surface area contributed by atoms with Crippen molar-refractivity contribution in [3.8, 4) is 11.1 Å². The van der Waals surface area contributed by atoms with E-state index in [1.165, 1.54) is 16.9 Å². The van der Waals surface area contributed by atoms with Crippen molar-refractivity contribution in [2.24, 2.45) is 0 Å². The molecule has 1 fully saturated rings. The summed E-state index contributed by atoms with van der Waals surface area (Å²) in [5.41, 5.74) is 3.26. The summed E-state index contributed by atoms with van der Waals surface area (Å²) in [6, 6.07) is 4.99. The molecule has 194 valence electrons. The van der Waals surface area contributed by atoms with Crippen LogP contribution in [0.3, 0.4) is 0 Å². The number of fused-ring (bicyclic) bond motifs is 1. The maximum absolute atomic E-state index is 15.0. The zero-order valence-electron chi connectivity index (χ0n) is 21.0. The number of imidazole rings is 1. The molecule has 1 saturated heterocycles. The van der Waals surface area contributed by atoms with Crippen LogP contribution in [0.15, 0.2) is 36.8 Å². The van der Waals surface area contributed by atoms with Crippen molar-refractivity contribution in [3.63, 3.8) is 0 Å². The molecular weight excluding hydrogens is 593 g/mol. The zero-order valence-corrected chi connectivity index (χ0v) is 23.1. The van der Waals surface area contributed by atoms with Gasteiger partial charge in [-0.05, 0) is 79.6 Å². The smallest absolute Gasteiger partial charge is 0.262 e. The van der Waals surface area contributed by atoms with Crippen molar-refractivity contribution in [1.29, 1.82) is 0 Å². The van der Waals surface area contributed by atoms with Crippen LogP contribution in [0.25, 0.3) is 16.8 Å². The number of morpholine rings is 1. The average Bonchev–Trinajstić information content (AvgIpc) is 3.43. The van der Waals surface area contributed by atoms with Gasteiger partial charge in [-0.1, -0.05) is 0 Å². The van der Waals surface area contributed by atoms with Crippen LogP contribution >= 0.6 is 22.6 Å². The second-order valence-electron chi connectivity index (χ2n) is 10.0. The highest BCUT2D eigenvalue weighted by atomic mass is 127. The Morgan fingerprint density at radius 1 is 1.14 bits per heavy atom. The van der Waals surface area contributed by atoms with Gasteiger partial charge in [-0.25, -0.2) is 9.37 Å². The van der Waals surface area contributed by atoms with E-state index in [9.17, 15) is 13.6 Å². The normalized spacial score (nSPS) is 14.4. The van der Waals surface area contributed by atoms with Crippen LogP contribution in [-0.4, -0.2) is 51.4 Å². The number of carbonyl (C=O) groups is 1. The fraction of sp³-hybridized carbons (Fsp3) is 0.346. The molecule has 0 unspecified atom stereocenters. The van der Waals surface area contributed by atoms with Crippen LogP contribution in [0, 0.1) is 22.4 Å². The van der Waals surface area contributed by atoms with Gasteiger partial charge in [0.1, 0.15) is 15.1 Å². The minimum Gasteiger partial charge on any atom is -0.378 e. The van der Waals surface area contributed by atoms with E-state index < -0.39 is 23.2 Å². The molecular formula is C26H27F2IN6O2. The van der Waals surface area contributed by atoms with Crippen LogP contribution in [0.2, 0.25) is 0 Å². The molecule has 4 heterocycles. The molecule has 0 spiro atoms. The molecule has 8 nitrogen and oxygen atoms in total. The molecule has 0 aliphatic carbocycles. The van der Waals surface area contributed by atoms with Crippen molar-refractivity contribution < 1.29 is 18.3 Å². The van der Waals surface area contributed by atoms with Gasteiger partial charge in [-0.3, -0.25) is 13.9 Å². The summed E-state index contributed by atoms with van der Waals surface area (Å²) in [6.45, 7) is 10.1. The largest absolute Gasteiger partial charge is 0.378 e. The first kappa shape index (κ1) is 25.6. The Bertz CT molecular complexity index is 1500. The molecule has 0 radical (unpaired) electrons. The van der Waals surface area contributed by atoms with Gasteiger partial charge in [0, 0.05) is 31.0 Å². The van der Waals surface area contributed by atoms with E-state index in [2.05, 4.69) is 42.9 Å².